The number of fused-ring (bicyclic) bond motifs is 1. The summed E-state index contributed by atoms with van der Waals surface area (Å²) < 4.78 is 6.61. The van der Waals surface area contributed by atoms with Gasteiger partial charge in [-0.1, -0.05) is 51.4 Å². The molecule has 5 aromatic rings. The highest BCUT2D eigenvalue weighted by Crippen LogP contribution is 2.31. The van der Waals surface area contributed by atoms with Crippen LogP contribution >= 0.6 is 15.9 Å². The average molecular weight is 460 g/mol. The molecule has 30 heavy (non-hydrogen) atoms. The fraction of sp³-hybridized carbons (Fsp3) is 0. The van der Waals surface area contributed by atoms with Gasteiger partial charge in [0.05, 0.1) is 11.0 Å². The Bertz CT molecular complexity index is 1320. The molecular formula is C22H14BrN5O2. The number of nitrogens with one attached hydrogen (secondary N) is 2. The van der Waals surface area contributed by atoms with Gasteiger partial charge in [0.1, 0.15) is 5.82 Å². The summed E-state index contributed by atoms with van der Waals surface area (Å²) in [5.41, 5.74) is 3.84. The zero-order valence-corrected chi connectivity index (χ0v) is 17.1. The smallest absolute Gasteiger partial charge is 0.322 e. The Labute approximate surface area is 179 Å². The Balaban J connectivity index is 1.45. The van der Waals surface area contributed by atoms with Gasteiger partial charge >= 0.3 is 6.01 Å². The molecule has 1 amide bonds. The van der Waals surface area contributed by atoms with Gasteiger partial charge in [0, 0.05) is 21.2 Å². The largest absolute Gasteiger partial charge is 0.403 e. The minimum absolute atomic E-state index is 0.0253. The summed E-state index contributed by atoms with van der Waals surface area (Å²) >= 11 is 3.35. The van der Waals surface area contributed by atoms with Gasteiger partial charge in [0.25, 0.3) is 11.8 Å². The van der Waals surface area contributed by atoms with Gasteiger partial charge in [-0.05, 0) is 42.5 Å². The molecule has 0 radical (unpaired) electrons. The molecule has 2 heterocycles. The molecule has 0 aliphatic carbocycles. The SMILES string of the molecule is O=C(Nc1nnc(-c2ccccc2-c2nc3ccccc3[nH]2)o1)c1ccc(Br)cc1. The highest BCUT2D eigenvalue weighted by atomic mass is 79.9. The molecule has 5 rings (SSSR count). The van der Waals surface area contributed by atoms with E-state index in [1.165, 1.54) is 0 Å². The van der Waals surface area contributed by atoms with E-state index >= 15 is 0 Å². The fourth-order valence-corrected chi connectivity index (χ4v) is 3.37. The van der Waals surface area contributed by atoms with Crippen molar-refractivity contribution >= 4 is 38.9 Å². The number of hydrogen-bond donors (Lipinski definition) is 2. The summed E-state index contributed by atoms with van der Waals surface area (Å²) in [6.07, 6.45) is 0. The van der Waals surface area contributed by atoms with E-state index in [1.54, 1.807) is 24.3 Å². The summed E-state index contributed by atoms with van der Waals surface area (Å²) in [4.78, 5) is 20.4. The third-order valence-electron chi connectivity index (χ3n) is 4.55. The van der Waals surface area contributed by atoms with E-state index in [1.807, 2.05) is 48.5 Å². The van der Waals surface area contributed by atoms with Crippen molar-refractivity contribution in [3.05, 3.63) is 82.8 Å². The summed E-state index contributed by atoms with van der Waals surface area (Å²) in [5.74, 6) is 0.658. The molecule has 2 aromatic heterocycles. The molecule has 0 atom stereocenters. The average Bonchev–Trinajstić information content (AvgIpc) is 3.41. The number of benzene rings is 3. The van der Waals surface area contributed by atoms with E-state index in [-0.39, 0.29) is 17.8 Å². The van der Waals surface area contributed by atoms with E-state index in [4.69, 9.17) is 4.42 Å². The lowest BCUT2D eigenvalue weighted by atomic mass is 10.1. The molecule has 0 spiro atoms. The van der Waals surface area contributed by atoms with Gasteiger partial charge in [-0.25, -0.2) is 4.98 Å². The molecule has 0 aliphatic rings. The van der Waals surface area contributed by atoms with E-state index in [0.717, 1.165) is 21.1 Å². The molecule has 0 fully saturated rings. The van der Waals surface area contributed by atoms with Crippen LogP contribution < -0.4 is 5.32 Å². The summed E-state index contributed by atoms with van der Waals surface area (Å²) in [7, 11) is 0. The second kappa shape index (κ2) is 7.57. The molecular weight excluding hydrogens is 446 g/mol. The number of carbonyl (C=O) groups is 1. The lowest BCUT2D eigenvalue weighted by Crippen LogP contribution is -2.11. The van der Waals surface area contributed by atoms with Gasteiger partial charge in [0.15, 0.2) is 0 Å². The van der Waals surface area contributed by atoms with Crippen LogP contribution in [0.4, 0.5) is 6.01 Å². The van der Waals surface area contributed by atoms with Crippen molar-refractivity contribution in [3.8, 4) is 22.8 Å². The van der Waals surface area contributed by atoms with Crippen molar-refractivity contribution in [2.75, 3.05) is 5.32 Å². The van der Waals surface area contributed by atoms with Gasteiger partial charge in [-0.2, -0.15) is 0 Å². The summed E-state index contributed by atoms with van der Waals surface area (Å²) in [6, 6.07) is 22.4. The van der Waals surface area contributed by atoms with Crippen LogP contribution in [-0.2, 0) is 0 Å². The predicted octanol–water partition coefficient (Wildman–Crippen LogP) is 5.29. The van der Waals surface area contributed by atoms with Crippen molar-refractivity contribution in [1.82, 2.24) is 20.2 Å². The van der Waals surface area contributed by atoms with Crippen LogP contribution in [0.2, 0.25) is 0 Å². The number of amides is 1. The number of aromatic nitrogens is 4. The maximum absolute atomic E-state index is 12.4. The Morgan fingerprint density at radius 3 is 2.43 bits per heavy atom. The number of hydrogen-bond acceptors (Lipinski definition) is 5. The minimum Gasteiger partial charge on any atom is -0.403 e. The number of H-pyrrole nitrogens is 1. The van der Waals surface area contributed by atoms with Gasteiger partial charge in [-0.3, -0.25) is 10.1 Å². The molecule has 0 unspecified atom stereocenters. The lowest BCUT2D eigenvalue weighted by molar-refractivity contribution is 0.102. The van der Waals surface area contributed by atoms with Crippen molar-refractivity contribution in [3.63, 3.8) is 0 Å². The van der Waals surface area contributed by atoms with Gasteiger partial charge in [-0.15, -0.1) is 5.10 Å². The Hall–Kier alpha value is -3.78. The molecule has 0 saturated heterocycles. The number of halogens is 1. The third-order valence-corrected chi connectivity index (χ3v) is 5.08. The first-order valence-corrected chi connectivity index (χ1v) is 9.91. The second-order valence-corrected chi connectivity index (χ2v) is 7.44. The van der Waals surface area contributed by atoms with Crippen LogP contribution in [0.15, 0.2) is 81.7 Å². The number of rotatable bonds is 4. The lowest BCUT2D eigenvalue weighted by Gasteiger charge is -2.03. The minimum atomic E-state index is -0.330. The first-order valence-electron chi connectivity index (χ1n) is 9.12. The van der Waals surface area contributed by atoms with Crippen molar-refractivity contribution < 1.29 is 9.21 Å². The Morgan fingerprint density at radius 1 is 0.900 bits per heavy atom. The Kier molecular flexibility index (Phi) is 4.61. The van der Waals surface area contributed by atoms with Crippen LogP contribution in [0.25, 0.3) is 33.9 Å². The zero-order valence-electron chi connectivity index (χ0n) is 15.5. The van der Waals surface area contributed by atoms with E-state index in [0.29, 0.717) is 17.0 Å². The molecule has 2 N–H and O–H groups in total. The van der Waals surface area contributed by atoms with Crippen molar-refractivity contribution in [1.29, 1.82) is 0 Å². The predicted molar refractivity (Wildman–Crippen MR) is 117 cm³/mol. The quantitative estimate of drug-likeness (QED) is 0.380. The molecule has 146 valence electrons. The van der Waals surface area contributed by atoms with E-state index < -0.39 is 0 Å². The summed E-state index contributed by atoms with van der Waals surface area (Å²) in [6.45, 7) is 0. The van der Waals surface area contributed by atoms with E-state index in [2.05, 4.69) is 41.4 Å². The van der Waals surface area contributed by atoms with Crippen molar-refractivity contribution in [2.24, 2.45) is 0 Å². The number of para-hydroxylation sites is 2. The van der Waals surface area contributed by atoms with Crippen LogP contribution in [0.5, 0.6) is 0 Å². The number of carbonyl (C=O) groups excluding carboxylic acids is 1. The maximum Gasteiger partial charge on any atom is 0.322 e. The van der Waals surface area contributed by atoms with Crippen molar-refractivity contribution in [2.45, 2.75) is 0 Å². The molecule has 8 heteroatoms. The van der Waals surface area contributed by atoms with Crippen LogP contribution in [-0.4, -0.2) is 26.1 Å². The monoisotopic (exact) mass is 459 g/mol. The normalized spacial score (nSPS) is 11.0. The highest BCUT2D eigenvalue weighted by Gasteiger charge is 2.17. The van der Waals surface area contributed by atoms with Gasteiger partial charge in [0.2, 0.25) is 0 Å². The highest BCUT2D eigenvalue weighted by molar-refractivity contribution is 9.10. The number of imidazole rings is 1. The standard InChI is InChI=1S/C22H14BrN5O2/c23-14-11-9-13(10-12-14)20(29)26-22-28-27-21(30-22)16-6-2-1-5-15(16)19-24-17-7-3-4-8-18(17)25-19/h1-12H,(H,24,25)(H,26,28,29). The number of aromatic amines is 1. The molecule has 0 bridgehead atoms. The van der Waals surface area contributed by atoms with Crippen LogP contribution in [0.1, 0.15) is 10.4 Å². The van der Waals surface area contributed by atoms with Gasteiger partial charge < -0.3 is 9.40 Å². The maximum atomic E-state index is 12.4. The number of anilines is 1. The van der Waals surface area contributed by atoms with Crippen LogP contribution in [0.3, 0.4) is 0 Å². The first-order chi connectivity index (χ1) is 14.7. The topological polar surface area (TPSA) is 96.7 Å². The Morgan fingerprint density at radius 2 is 1.63 bits per heavy atom. The van der Waals surface area contributed by atoms with E-state index in [9.17, 15) is 4.79 Å². The zero-order chi connectivity index (χ0) is 20.5. The molecule has 3 aromatic carbocycles. The second-order valence-electron chi connectivity index (χ2n) is 6.52. The molecule has 0 saturated carbocycles. The fourth-order valence-electron chi connectivity index (χ4n) is 3.11. The van der Waals surface area contributed by atoms with Crippen LogP contribution in [0, 0.1) is 0 Å². The first kappa shape index (κ1) is 18.3. The third kappa shape index (κ3) is 3.48. The number of nitrogens with zero attached hydrogens (tertiary/aromatic N) is 3. The molecule has 0 aliphatic heterocycles. The summed E-state index contributed by atoms with van der Waals surface area (Å²) in [5, 5.41) is 10.7. The molecule has 7 nitrogen and oxygen atoms in total.